The second-order valence-electron chi connectivity index (χ2n) is 7.53. The second kappa shape index (κ2) is 11.9. The molecular formula is C24H32ClN3O2. The largest absolute Gasteiger partial charge is 0.381 e. The first kappa shape index (κ1) is 22.6. The zero-order valence-electron chi connectivity index (χ0n) is 17.9. The number of benzene rings is 2. The van der Waals surface area contributed by atoms with Crippen molar-refractivity contribution in [2.75, 3.05) is 19.8 Å². The first-order chi connectivity index (χ1) is 14.7. The van der Waals surface area contributed by atoms with Crippen molar-refractivity contribution >= 4 is 17.6 Å². The van der Waals surface area contributed by atoms with Crippen LogP contribution in [-0.4, -0.2) is 31.8 Å². The van der Waals surface area contributed by atoms with Crippen molar-refractivity contribution in [1.82, 2.24) is 10.6 Å². The average molecular weight is 430 g/mol. The smallest absolute Gasteiger partial charge is 0.192 e. The van der Waals surface area contributed by atoms with Gasteiger partial charge in [-0.25, -0.2) is 4.99 Å². The van der Waals surface area contributed by atoms with Gasteiger partial charge in [0.05, 0.1) is 25.3 Å². The summed E-state index contributed by atoms with van der Waals surface area (Å²) in [5.74, 6) is 0.772. The predicted molar refractivity (Wildman–Crippen MR) is 123 cm³/mol. The van der Waals surface area contributed by atoms with E-state index in [0.717, 1.165) is 54.7 Å². The molecule has 30 heavy (non-hydrogen) atoms. The van der Waals surface area contributed by atoms with E-state index in [2.05, 4.69) is 48.7 Å². The molecule has 0 bridgehead atoms. The maximum atomic E-state index is 6.34. The summed E-state index contributed by atoms with van der Waals surface area (Å²) in [5, 5.41) is 7.52. The van der Waals surface area contributed by atoms with E-state index < -0.39 is 0 Å². The first-order valence-electron chi connectivity index (χ1n) is 10.7. The van der Waals surface area contributed by atoms with Crippen LogP contribution in [0.4, 0.5) is 0 Å². The Labute approximate surface area is 184 Å². The van der Waals surface area contributed by atoms with E-state index >= 15 is 0 Å². The maximum absolute atomic E-state index is 6.34. The van der Waals surface area contributed by atoms with Gasteiger partial charge >= 0.3 is 0 Å². The third-order valence-corrected chi connectivity index (χ3v) is 5.48. The summed E-state index contributed by atoms with van der Waals surface area (Å²) < 4.78 is 11.4. The van der Waals surface area contributed by atoms with Gasteiger partial charge in [0.25, 0.3) is 0 Å². The van der Waals surface area contributed by atoms with Crippen LogP contribution in [0.3, 0.4) is 0 Å². The van der Waals surface area contributed by atoms with Gasteiger partial charge in [0.15, 0.2) is 5.96 Å². The Hall–Kier alpha value is -2.08. The molecule has 1 saturated heterocycles. The molecule has 1 unspecified atom stereocenters. The normalized spacial score (nSPS) is 16.3. The Morgan fingerprint density at radius 1 is 1.17 bits per heavy atom. The molecule has 0 spiro atoms. The van der Waals surface area contributed by atoms with Gasteiger partial charge in [-0.2, -0.15) is 0 Å². The Bertz CT molecular complexity index is 822. The summed E-state index contributed by atoms with van der Waals surface area (Å²) in [6, 6.07) is 16.4. The van der Waals surface area contributed by atoms with Crippen LogP contribution < -0.4 is 10.6 Å². The van der Waals surface area contributed by atoms with Crippen molar-refractivity contribution in [3.8, 4) is 0 Å². The third kappa shape index (κ3) is 7.01. The number of guanidine groups is 1. The van der Waals surface area contributed by atoms with Crippen LogP contribution in [-0.2, 0) is 22.6 Å². The molecule has 0 radical (unpaired) electrons. The highest BCUT2D eigenvalue weighted by molar-refractivity contribution is 6.31. The molecule has 162 valence electrons. The fraction of sp³-hybridized carbons (Fsp3) is 0.458. The number of hydrogen-bond acceptors (Lipinski definition) is 3. The fourth-order valence-electron chi connectivity index (χ4n) is 3.47. The Balaban J connectivity index is 1.59. The zero-order chi connectivity index (χ0) is 21.2. The molecule has 0 aliphatic carbocycles. The standard InChI is InChI=1S/C24H32ClN3O2/c1-3-26-24(28-18(2)22-9-4-5-10-23(22)25)27-16-19-7-6-8-20(15-19)17-30-21-11-13-29-14-12-21/h4-10,15,18,21H,3,11-14,16-17H2,1-2H3,(H2,26,27,28). The van der Waals surface area contributed by atoms with Crippen molar-refractivity contribution in [3.63, 3.8) is 0 Å². The van der Waals surface area contributed by atoms with Crippen LogP contribution in [0.2, 0.25) is 5.02 Å². The van der Waals surface area contributed by atoms with Gasteiger partial charge in [-0.15, -0.1) is 0 Å². The lowest BCUT2D eigenvalue weighted by molar-refractivity contribution is -0.0390. The topological polar surface area (TPSA) is 54.9 Å². The Morgan fingerprint density at radius 3 is 2.70 bits per heavy atom. The van der Waals surface area contributed by atoms with Crippen LogP contribution in [0.5, 0.6) is 0 Å². The highest BCUT2D eigenvalue weighted by atomic mass is 35.5. The summed E-state index contributed by atoms with van der Waals surface area (Å²) in [7, 11) is 0. The highest BCUT2D eigenvalue weighted by Crippen LogP contribution is 2.22. The van der Waals surface area contributed by atoms with Gasteiger partial charge in [-0.3, -0.25) is 0 Å². The molecule has 1 heterocycles. The lowest BCUT2D eigenvalue weighted by Gasteiger charge is -2.22. The number of nitrogens with zero attached hydrogens (tertiary/aromatic N) is 1. The van der Waals surface area contributed by atoms with E-state index in [9.17, 15) is 0 Å². The van der Waals surface area contributed by atoms with Crippen LogP contribution >= 0.6 is 11.6 Å². The molecular weight excluding hydrogens is 398 g/mol. The van der Waals surface area contributed by atoms with E-state index in [0.29, 0.717) is 19.3 Å². The fourth-order valence-corrected chi connectivity index (χ4v) is 3.77. The van der Waals surface area contributed by atoms with Gasteiger partial charge in [-0.05, 0) is 49.4 Å². The summed E-state index contributed by atoms with van der Waals surface area (Å²) in [6.45, 7) is 7.76. The van der Waals surface area contributed by atoms with E-state index in [-0.39, 0.29) is 6.04 Å². The summed E-state index contributed by atoms with van der Waals surface area (Å²) >= 11 is 6.34. The molecule has 6 heteroatoms. The van der Waals surface area contributed by atoms with Crippen LogP contribution in [0.25, 0.3) is 0 Å². The zero-order valence-corrected chi connectivity index (χ0v) is 18.6. The van der Waals surface area contributed by atoms with E-state index in [1.165, 1.54) is 5.56 Å². The van der Waals surface area contributed by atoms with Gasteiger partial charge in [0.1, 0.15) is 0 Å². The number of ether oxygens (including phenoxy) is 2. The Morgan fingerprint density at radius 2 is 1.93 bits per heavy atom. The average Bonchev–Trinajstić information content (AvgIpc) is 2.77. The van der Waals surface area contributed by atoms with Gasteiger partial charge < -0.3 is 20.1 Å². The summed E-state index contributed by atoms with van der Waals surface area (Å²) in [5.41, 5.74) is 3.39. The number of aliphatic imine (C=N–C) groups is 1. The SMILES string of the molecule is CCNC(=NCc1cccc(COC2CCOCC2)c1)NC(C)c1ccccc1Cl. The predicted octanol–water partition coefficient (Wildman–Crippen LogP) is 4.85. The number of rotatable bonds is 8. The molecule has 2 aromatic rings. The van der Waals surface area contributed by atoms with E-state index in [4.69, 9.17) is 26.1 Å². The van der Waals surface area contributed by atoms with Crippen molar-refractivity contribution in [1.29, 1.82) is 0 Å². The number of nitrogens with one attached hydrogen (secondary N) is 2. The third-order valence-electron chi connectivity index (χ3n) is 5.13. The minimum atomic E-state index is 0.0516. The monoisotopic (exact) mass is 429 g/mol. The van der Waals surface area contributed by atoms with Crippen LogP contribution in [0.1, 0.15) is 49.4 Å². The van der Waals surface area contributed by atoms with E-state index in [1.54, 1.807) is 0 Å². The minimum absolute atomic E-state index is 0.0516. The number of halogens is 1. The van der Waals surface area contributed by atoms with Crippen molar-refractivity contribution < 1.29 is 9.47 Å². The summed E-state index contributed by atoms with van der Waals surface area (Å²) in [4.78, 5) is 4.76. The van der Waals surface area contributed by atoms with Crippen molar-refractivity contribution in [3.05, 3.63) is 70.2 Å². The lowest BCUT2D eigenvalue weighted by atomic mass is 10.1. The van der Waals surface area contributed by atoms with Crippen molar-refractivity contribution in [2.45, 2.75) is 52.0 Å². The molecule has 0 aromatic heterocycles. The molecule has 5 nitrogen and oxygen atoms in total. The first-order valence-corrected chi connectivity index (χ1v) is 11.1. The van der Waals surface area contributed by atoms with Crippen LogP contribution in [0.15, 0.2) is 53.5 Å². The molecule has 2 aromatic carbocycles. The maximum Gasteiger partial charge on any atom is 0.192 e. The molecule has 1 aliphatic heterocycles. The van der Waals surface area contributed by atoms with Crippen LogP contribution in [0, 0.1) is 0 Å². The van der Waals surface area contributed by atoms with E-state index in [1.807, 2.05) is 24.3 Å². The minimum Gasteiger partial charge on any atom is -0.381 e. The molecule has 1 atom stereocenters. The molecule has 1 fully saturated rings. The van der Waals surface area contributed by atoms with Gasteiger partial charge in [0.2, 0.25) is 0 Å². The summed E-state index contributed by atoms with van der Waals surface area (Å²) in [6.07, 6.45) is 2.26. The molecule has 0 saturated carbocycles. The van der Waals surface area contributed by atoms with Gasteiger partial charge in [-0.1, -0.05) is 54.1 Å². The molecule has 1 aliphatic rings. The Kier molecular flexibility index (Phi) is 9.00. The van der Waals surface area contributed by atoms with Crippen molar-refractivity contribution in [2.24, 2.45) is 4.99 Å². The highest BCUT2D eigenvalue weighted by Gasteiger charge is 2.14. The van der Waals surface area contributed by atoms with Gasteiger partial charge in [0, 0.05) is 24.8 Å². The molecule has 2 N–H and O–H groups in total. The molecule has 0 amide bonds. The lowest BCUT2D eigenvalue weighted by Crippen LogP contribution is -2.38. The quantitative estimate of drug-likeness (QED) is 0.465. The second-order valence-corrected chi connectivity index (χ2v) is 7.93. The number of hydrogen-bond donors (Lipinski definition) is 2. The molecule has 3 rings (SSSR count).